The third-order valence-electron chi connectivity index (χ3n) is 3.00. The number of fused-ring (bicyclic) bond motifs is 1. The summed E-state index contributed by atoms with van der Waals surface area (Å²) < 4.78 is 1.83. The first-order chi connectivity index (χ1) is 10.6. The molecule has 3 nitrogen and oxygen atoms in total. The highest BCUT2D eigenvalue weighted by Gasteiger charge is 2.18. The van der Waals surface area contributed by atoms with Crippen LogP contribution in [-0.4, -0.2) is 18.2 Å². The number of benzene rings is 1. The van der Waals surface area contributed by atoms with E-state index in [9.17, 15) is 9.59 Å². The molecule has 0 fully saturated rings. The Kier molecular flexibility index (Phi) is 4.63. The van der Waals surface area contributed by atoms with Gasteiger partial charge in [-0.1, -0.05) is 29.8 Å². The summed E-state index contributed by atoms with van der Waals surface area (Å²) in [5.74, 6) is -0.448. The van der Waals surface area contributed by atoms with Gasteiger partial charge in [0.1, 0.15) is 4.88 Å². The zero-order chi connectivity index (χ0) is 15.7. The summed E-state index contributed by atoms with van der Waals surface area (Å²) in [6.45, 7) is -0.0453. The highest BCUT2D eigenvalue weighted by molar-refractivity contribution is 9.11. The zero-order valence-electron chi connectivity index (χ0n) is 11.1. The summed E-state index contributed by atoms with van der Waals surface area (Å²) in [4.78, 5) is 25.3. The molecule has 0 saturated heterocycles. The second-order valence-electron chi connectivity index (χ2n) is 4.45. The predicted molar refractivity (Wildman–Crippen MR) is 95.5 cm³/mol. The van der Waals surface area contributed by atoms with E-state index in [1.165, 1.54) is 22.7 Å². The van der Waals surface area contributed by atoms with Crippen LogP contribution >= 0.6 is 50.2 Å². The van der Waals surface area contributed by atoms with Crippen molar-refractivity contribution in [2.45, 2.75) is 0 Å². The van der Waals surface area contributed by atoms with Crippen LogP contribution < -0.4 is 5.32 Å². The molecule has 0 spiro atoms. The minimum absolute atomic E-state index is 0.0453. The molecule has 0 aliphatic carbocycles. The van der Waals surface area contributed by atoms with E-state index in [0.29, 0.717) is 14.8 Å². The highest BCUT2D eigenvalue weighted by atomic mass is 79.9. The van der Waals surface area contributed by atoms with Gasteiger partial charge in [-0.2, -0.15) is 0 Å². The minimum atomic E-state index is -0.324. The van der Waals surface area contributed by atoms with E-state index in [0.717, 1.165) is 13.9 Å². The van der Waals surface area contributed by atoms with Crippen molar-refractivity contribution in [1.29, 1.82) is 0 Å². The number of nitrogens with one attached hydrogen (secondary N) is 1. The summed E-state index contributed by atoms with van der Waals surface area (Å²) in [6.07, 6.45) is 0. The van der Waals surface area contributed by atoms with Gasteiger partial charge in [0.25, 0.3) is 5.91 Å². The zero-order valence-corrected chi connectivity index (χ0v) is 15.0. The average molecular weight is 415 g/mol. The fourth-order valence-corrected chi connectivity index (χ4v) is 4.71. The van der Waals surface area contributed by atoms with Gasteiger partial charge >= 0.3 is 0 Å². The molecule has 0 aliphatic rings. The number of carbonyl (C=O) groups excluding carboxylic acids is 2. The van der Waals surface area contributed by atoms with E-state index < -0.39 is 0 Å². The molecule has 1 aromatic carbocycles. The van der Waals surface area contributed by atoms with Gasteiger partial charge in [-0.25, -0.2) is 0 Å². The molecular weight excluding hydrogens is 406 g/mol. The lowest BCUT2D eigenvalue weighted by atomic mass is 10.2. The molecule has 0 aliphatic heterocycles. The third kappa shape index (κ3) is 3.10. The van der Waals surface area contributed by atoms with Crippen LogP contribution in [-0.2, 0) is 0 Å². The first kappa shape index (κ1) is 15.7. The van der Waals surface area contributed by atoms with Crippen molar-refractivity contribution in [3.05, 3.63) is 55.0 Å². The standard InChI is InChI=1S/C15H9BrClNO2S2/c16-12-6-5-11(21-12)9(19)7-18-15(20)14-13(17)8-3-1-2-4-10(8)22-14/h1-6H,7H2,(H,18,20). The van der Waals surface area contributed by atoms with Crippen LogP contribution in [0.2, 0.25) is 5.02 Å². The second-order valence-corrected chi connectivity index (χ2v) is 8.34. The molecule has 22 heavy (non-hydrogen) atoms. The lowest BCUT2D eigenvalue weighted by Gasteiger charge is -2.02. The van der Waals surface area contributed by atoms with Gasteiger partial charge in [-0.05, 0) is 34.1 Å². The predicted octanol–water partition coefficient (Wildman–Crippen LogP) is 4.99. The van der Waals surface area contributed by atoms with E-state index in [4.69, 9.17) is 11.6 Å². The van der Waals surface area contributed by atoms with Crippen LogP contribution in [0.4, 0.5) is 0 Å². The van der Waals surface area contributed by atoms with Crippen molar-refractivity contribution in [3.8, 4) is 0 Å². The van der Waals surface area contributed by atoms with Gasteiger partial charge < -0.3 is 5.32 Å². The molecule has 2 heterocycles. The smallest absolute Gasteiger partial charge is 0.263 e. The fourth-order valence-electron chi connectivity index (χ4n) is 1.95. The second kappa shape index (κ2) is 6.50. The van der Waals surface area contributed by atoms with Gasteiger partial charge in [0.05, 0.1) is 20.2 Å². The molecule has 3 aromatic rings. The van der Waals surface area contributed by atoms with Crippen molar-refractivity contribution >= 4 is 72.0 Å². The van der Waals surface area contributed by atoms with Crippen molar-refractivity contribution in [2.24, 2.45) is 0 Å². The number of halogens is 2. The Morgan fingerprint density at radius 1 is 1.14 bits per heavy atom. The molecule has 2 aromatic heterocycles. The first-order valence-corrected chi connectivity index (χ1v) is 9.10. The van der Waals surface area contributed by atoms with Crippen LogP contribution in [0.25, 0.3) is 10.1 Å². The number of Topliss-reactive ketones (excluding diaryl/α,β-unsaturated/α-hetero) is 1. The molecule has 1 amide bonds. The molecule has 0 atom stereocenters. The number of ketones is 1. The van der Waals surface area contributed by atoms with Crippen LogP contribution in [0.1, 0.15) is 19.3 Å². The number of amides is 1. The van der Waals surface area contributed by atoms with E-state index in [1.54, 1.807) is 6.07 Å². The molecule has 3 rings (SSSR count). The number of carbonyl (C=O) groups is 2. The Morgan fingerprint density at radius 3 is 2.59 bits per heavy atom. The monoisotopic (exact) mass is 413 g/mol. The Labute approximate surface area is 148 Å². The summed E-state index contributed by atoms with van der Waals surface area (Å²) in [6, 6.07) is 11.1. The molecule has 112 valence electrons. The summed E-state index contributed by atoms with van der Waals surface area (Å²) in [5, 5.41) is 3.93. The number of hydrogen-bond acceptors (Lipinski definition) is 4. The van der Waals surface area contributed by atoms with Crippen molar-refractivity contribution in [2.75, 3.05) is 6.54 Å². The Morgan fingerprint density at radius 2 is 1.91 bits per heavy atom. The third-order valence-corrected chi connectivity index (χ3v) is 6.34. The number of thiophene rings is 2. The lowest BCUT2D eigenvalue weighted by molar-refractivity contribution is 0.0908. The quantitative estimate of drug-likeness (QED) is 0.611. The van der Waals surface area contributed by atoms with E-state index in [1.807, 2.05) is 30.3 Å². The largest absolute Gasteiger partial charge is 0.344 e. The van der Waals surface area contributed by atoms with E-state index in [2.05, 4.69) is 21.2 Å². The normalized spacial score (nSPS) is 10.8. The van der Waals surface area contributed by atoms with Crippen molar-refractivity contribution in [1.82, 2.24) is 5.32 Å². The molecule has 0 unspecified atom stereocenters. The van der Waals surface area contributed by atoms with Gasteiger partial charge in [-0.15, -0.1) is 22.7 Å². The fraction of sp³-hybridized carbons (Fsp3) is 0.0667. The average Bonchev–Trinajstić information content (AvgIpc) is 3.09. The van der Waals surface area contributed by atoms with Crippen molar-refractivity contribution < 1.29 is 9.59 Å². The number of rotatable bonds is 4. The Balaban J connectivity index is 1.73. The summed E-state index contributed by atoms with van der Waals surface area (Å²) in [5.41, 5.74) is 0. The molecule has 7 heteroatoms. The van der Waals surface area contributed by atoms with Crippen LogP contribution in [0.5, 0.6) is 0 Å². The maximum atomic E-state index is 12.2. The topological polar surface area (TPSA) is 46.2 Å². The molecule has 0 radical (unpaired) electrons. The first-order valence-electron chi connectivity index (χ1n) is 6.30. The summed E-state index contributed by atoms with van der Waals surface area (Å²) in [7, 11) is 0. The van der Waals surface area contributed by atoms with Gasteiger partial charge in [0.15, 0.2) is 5.78 Å². The number of hydrogen-bond donors (Lipinski definition) is 1. The van der Waals surface area contributed by atoms with Crippen molar-refractivity contribution in [3.63, 3.8) is 0 Å². The minimum Gasteiger partial charge on any atom is -0.344 e. The van der Waals surface area contributed by atoms with Gasteiger partial charge in [-0.3, -0.25) is 9.59 Å². The van der Waals surface area contributed by atoms with Crippen LogP contribution in [0, 0.1) is 0 Å². The van der Waals surface area contributed by atoms with E-state index >= 15 is 0 Å². The highest BCUT2D eigenvalue weighted by Crippen LogP contribution is 2.34. The van der Waals surface area contributed by atoms with Crippen LogP contribution in [0.15, 0.2) is 40.2 Å². The summed E-state index contributed by atoms with van der Waals surface area (Å²) >= 11 is 12.2. The van der Waals surface area contributed by atoms with Gasteiger partial charge in [0, 0.05) is 10.1 Å². The maximum absolute atomic E-state index is 12.2. The van der Waals surface area contributed by atoms with Crippen LogP contribution in [0.3, 0.4) is 0 Å². The molecule has 0 saturated carbocycles. The Hall–Kier alpha value is -1.21. The Bertz CT molecular complexity index is 871. The molecular formula is C15H9BrClNO2S2. The molecule has 0 bridgehead atoms. The van der Waals surface area contributed by atoms with Gasteiger partial charge in [0.2, 0.25) is 0 Å². The lowest BCUT2D eigenvalue weighted by Crippen LogP contribution is -2.28. The molecule has 1 N–H and O–H groups in total. The maximum Gasteiger partial charge on any atom is 0.263 e. The van der Waals surface area contributed by atoms with E-state index in [-0.39, 0.29) is 18.2 Å². The SMILES string of the molecule is O=C(CNC(=O)c1sc2ccccc2c1Cl)c1ccc(Br)s1.